The van der Waals surface area contributed by atoms with Crippen LogP contribution in [0.2, 0.25) is 0 Å². The smallest absolute Gasteiger partial charge is 0.231 e. The highest BCUT2D eigenvalue weighted by Gasteiger charge is 2.22. The Morgan fingerprint density at radius 1 is 1.27 bits per heavy atom. The van der Waals surface area contributed by atoms with Gasteiger partial charge in [-0.15, -0.1) is 0 Å². The van der Waals surface area contributed by atoms with Crippen LogP contribution in [0.5, 0.6) is 17.2 Å². The second-order valence-electron chi connectivity index (χ2n) is 3.99. The van der Waals surface area contributed by atoms with Crippen molar-refractivity contribution in [3.05, 3.63) is 17.7 Å². The number of nitrogens with one attached hydrogen (secondary N) is 1. The Hall–Kier alpha value is -1.42. The van der Waals surface area contributed by atoms with Gasteiger partial charge < -0.3 is 19.9 Å². The molecule has 80 valence electrons. The van der Waals surface area contributed by atoms with Gasteiger partial charge in [0, 0.05) is 24.2 Å². The predicted octanol–water partition coefficient (Wildman–Crippen LogP) is 1.37. The number of ether oxygens (including phenoxy) is 2. The monoisotopic (exact) mass is 207 g/mol. The van der Waals surface area contributed by atoms with E-state index in [1.54, 1.807) is 6.07 Å². The first kappa shape index (κ1) is 8.85. The third-order valence-corrected chi connectivity index (χ3v) is 2.73. The fourth-order valence-electron chi connectivity index (χ4n) is 1.66. The Bertz CT molecular complexity index is 388. The van der Waals surface area contributed by atoms with Crippen molar-refractivity contribution in [3.8, 4) is 17.2 Å². The first-order chi connectivity index (χ1) is 7.33. The normalized spacial score (nSPS) is 18.1. The summed E-state index contributed by atoms with van der Waals surface area (Å²) >= 11 is 0. The molecule has 1 saturated carbocycles. The van der Waals surface area contributed by atoms with Gasteiger partial charge in [0.1, 0.15) is 5.75 Å². The fourth-order valence-corrected chi connectivity index (χ4v) is 1.66. The molecule has 15 heavy (non-hydrogen) atoms. The zero-order valence-corrected chi connectivity index (χ0v) is 8.32. The van der Waals surface area contributed by atoms with Gasteiger partial charge in [-0.2, -0.15) is 0 Å². The van der Waals surface area contributed by atoms with Crippen molar-refractivity contribution in [1.82, 2.24) is 5.32 Å². The van der Waals surface area contributed by atoms with Gasteiger partial charge in [0.15, 0.2) is 11.5 Å². The van der Waals surface area contributed by atoms with Crippen molar-refractivity contribution in [2.45, 2.75) is 25.4 Å². The molecule has 1 fully saturated rings. The average Bonchev–Trinajstić information content (AvgIpc) is 2.94. The number of fused-ring (bicyclic) bond motifs is 1. The maximum atomic E-state index is 9.73. The highest BCUT2D eigenvalue weighted by molar-refractivity contribution is 5.51. The number of phenols is 1. The molecule has 0 saturated heterocycles. The lowest BCUT2D eigenvalue weighted by Crippen LogP contribution is -2.15. The zero-order valence-electron chi connectivity index (χ0n) is 8.32. The van der Waals surface area contributed by atoms with Crippen molar-refractivity contribution in [1.29, 1.82) is 0 Å². The van der Waals surface area contributed by atoms with Gasteiger partial charge in [-0.3, -0.25) is 0 Å². The topological polar surface area (TPSA) is 50.7 Å². The van der Waals surface area contributed by atoms with Gasteiger partial charge in [-0.1, -0.05) is 0 Å². The molecule has 1 aliphatic carbocycles. The quantitative estimate of drug-likeness (QED) is 0.786. The van der Waals surface area contributed by atoms with E-state index in [2.05, 4.69) is 5.32 Å². The summed E-state index contributed by atoms with van der Waals surface area (Å²) < 4.78 is 10.4. The predicted molar refractivity (Wildman–Crippen MR) is 54.1 cm³/mol. The molecule has 1 aromatic rings. The molecule has 2 N–H and O–H groups in total. The Kier molecular flexibility index (Phi) is 1.95. The van der Waals surface area contributed by atoms with E-state index >= 15 is 0 Å². The van der Waals surface area contributed by atoms with Crippen molar-refractivity contribution < 1.29 is 14.6 Å². The van der Waals surface area contributed by atoms with Crippen molar-refractivity contribution in [2.24, 2.45) is 0 Å². The molecule has 2 aliphatic rings. The maximum Gasteiger partial charge on any atom is 0.231 e. The lowest BCUT2D eigenvalue weighted by molar-refractivity contribution is 0.174. The van der Waals surface area contributed by atoms with Crippen LogP contribution in [-0.2, 0) is 6.54 Å². The average molecular weight is 207 g/mol. The largest absolute Gasteiger partial charge is 0.507 e. The molecular formula is C11H13NO3. The van der Waals surface area contributed by atoms with Gasteiger partial charge in [-0.25, -0.2) is 0 Å². The number of aromatic hydroxyl groups is 1. The van der Waals surface area contributed by atoms with Gasteiger partial charge in [0.25, 0.3) is 0 Å². The number of phenolic OH excluding ortho intramolecular Hbond substituents is 1. The Morgan fingerprint density at radius 3 is 2.73 bits per heavy atom. The summed E-state index contributed by atoms with van der Waals surface area (Å²) in [6.07, 6.45) is 2.48. The van der Waals surface area contributed by atoms with Crippen LogP contribution in [0.4, 0.5) is 0 Å². The minimum atomic E-state index is 0.244. The Balaban J connectivity index is 1.80. The van der Waals surface area contributed by atoms with E-state index < -0.39 is 0 Å². The molecule has 1 aromatic carbocycles. The molecule has 0 spiro atoms. The third-order valence-electron chi connectivity index (χ3n) is 2.73. The number of benzene rings is 1. The van der Waals surface area contributed by atoms with Crippen LogP contribution in [-0.4, -0.2) is 17.9 Å². The van der Waals surface area contributed by atoms with E-state index in [0.717, 1.165) is 11.3 Å². The molecule has 0 radical (unpaired) electrons. The van der Waals surface area contributed by atoms with E-state index in [-0.39, 0.29) is 12.5 Å². The fraction of sp³-hybridized carbons (Fsp3) is 0.455. The van der Waals surface area contributed by atoms with E-state index in [9.17, 15) is 5.11 Å². The van der Waals surface area contributed by atoms with E-state index in [0.29, 0.717) is 18.3 Å². The summed E-state index contributed by atoms with van der Waals surface area (Å²) in [5, 5.41) is 13.1. The summed E-state index contributed by atoms with van der Waals surface area (Å²) in [7, 11) is 0. The second kappa shape index (κ2) is 3.31. The van der Waals surface area contributed by atoms with Crippen LogP contribution in [0.15, 0.2) is 12.1 Å². The second-order valence-corrected chi connectivity index (χ2v) is 3.99. The summed E-state index contributed by atoms with van der Waals surface area (Å²) in [5.74, 6) is 1.62. The minimum absolute atomic E-state index is 0.244. The van der Waals surface area contributed by atoms with E-state index in [1.807, 2.05) is 6.07 Å². The van der Waals surface area contributed by atoms with Crippen molar-refractivity contribution in [3.63, 3.8) is 0 Å². The summed E-state index contributed by atoms with van der Waals surface area (Å²) in [5.41, 5.74) is 0.867. The molecule has 4 nitrogen and oxygen atoms in total. The van der Waals surface area contributed by atoms with Crippen LogP contribution in [0.3, 0.4) is 0 Å². The lowest BCUT2D eigenvalue weighted by Gasteiger charge is -2.06. The van der Waals surface area contributed by atoms with Crippen LogP contribution in [0.25, 0.3) is 0 Å². The molecule has 0 bridgehead atoms. The van der Waals surface area contributed by atoms with Crippen LogP contribution < -0.4 is 14.8 Å². The first-order valence-electron chi connectivity index (χ1n) is 5.18. The van der Waals surface area contributed by atoms with Gasteiger partial charge in [-0.05, 0) is 18.9 Å². The number of rotatable bonds is 3. The van der Waals surface area contributed by atoms with Crippen LogP contribution in [0, 0.1) is 0 Å². The molecular weight excluding hydrogens is 194 g/mol. The molecule has 0 aromatic heterocycles. The summed E-state index contributed by atoms with van der Waals surface area (Å²) in [4.78, 5) is 0. The van der Waals surface area contributed by atoms with E-state index in [4.69, 9.17) is 9.47 Å². The van der Waals surface area contributed by atoms with Gasteiger partial charge in [0.05, 0.1) is 0 Å². The first-order valence-corrected chi connectivity index (χ1v) is 5.18. The number of hydrogen-bond donors (Lipinski definition) is 2. The molecule has 1 aliphatic heterocycles. The highest BCUT2D eigenvalue weighted by Crippen LogP contribution is 2.37. The SMILES string of the molecule is Oc1cc2c(cc1CNC1CC1)OCO2. The number of hydrogen-bond acceptors (Lipinski definition) is 4. The Morgan fingerprint density at radius 2 is 2.00 bits per heavy atom. The molecule has 0 amide bonds. The van der Waals surface area contributed by atoms with Crippen LogP contribution >= 0.6 is 0 Å². The molecule has 3 rings (SSSR count). The van der Waals surface area contributed by atoms with Gasteiger partial charge >= 0.3 is 0 Å². The highest BCUT2D eigenvalue weighted by atomic mass is 16.7. The summed E-state index contributed by atoms with van der Waals surface area (Å²) in [6.45, 7) is 0.932. The van der Waals surface area contributed by atoms with Gasteiger partial charge in [0.2, 0.25) is 6.79 Å². The zero-order chi connectivity index (χ0) is 10.3. The van der Waals surface area contributed by atoms with Crippen molar-refractivity contribution in [2.75, 3.05) is 6.79 Å². The minimum Gasteiger partial charge on any atom is -0.507 e. The summed E-state index contributed by atoms with van der Waals surface area (Å²) in [6, 6.07) is 4.09. The molecule has 4 heteroatoms. The standard InChI is InChI=1S/C11H13NO3/c13-9-4-11-10(14-6-15-11)3-7(9)5-12-8-1-2-8/h3-4,8,12-13H,1-2,5-6H2. The lowest BCUT2D eigenvalue weighted by atomic mass is 10.1. The van der Waals surface area contributed by atoms with E-state index in [1.165, 1.54) is 12.8 Å². The molecule has 1 heterocycles. The van der Waals surface area contributed by atoms with Crippen molar-refractivity contribution >= 4 is 0 Å². The Labute approximate surface area is 87.8 Å². The third kappa shape index (κ3) is 1.72. The maximum absolute atomic E-state index is 9.73. The molecule has 0 unspecified atom stereocenters. The van der Waals surface area contributed by atoms with Crippen LogP contribution in [0.1, 0.15) is 18.4 Å². The molecule has 0 atom stereocenters.